The lowest BCUT2D eigenvalue weighted by Crippen LogP contribution is -2.40. The second-order valence-corrected chi connectivity index (χ2v) is 8.80. The van der Waals surface area contributed by atoms with E-state index in [0.29, 0.717) is 6.42 Å². The summed E-state index contributed by atoms with van der Waals surface area (Å²) in [5.74, 6) is 0. The lowest BCUT2D eigenvalue weighted by atomic mass is 9.66. The predicted octanol–water partition coefficient (Wildman–Crippen LogP) is 3.69. The first-order valence-electron chi connectivity index (χ1n) is 11.4. The lowest BCUT2D eigenvalue weighted by Gasteiger charge is -2.38. The Hall–Kier alpha value is -3.74. The van der Waals surface area contributed by atoms with Gasteiger partial charge in [0.1, 0.15) is 6.10 Å². The van der Waals surface area contributed by atoms with Crippen molar-refractivity contribution in [2.75, 3.05) is 0 Å². The van der Waals surface area contributed by atoms with E-state index in [1.165, 1.54) is 6.07 Å². The summed E-state index contributed by atoms with van der Waals surface area (Å²) in [6.45, 7) is 0. The molecule has 1 saturated heterocycles. The van der Waals surface area contributed by atoms with Gasteiger partial charge in [0.05, 0.1) is 6.10 Å². The minimum absolute atomic E-state index is 0.181. The molecule has 1 aromatic heterocycles. The molecule has 6 nitrogen and oxygen atoms in total. The number of aliphatic hydroxyl groups is 1. The maximum atomic E-state index is 11.6. The van der Waals surface area contributed by atoms with Gasteiger partial charge in [-0.2, -0.15) is 4.98 Å². The second-order valence-electron chi connectivity index (χ2n) is 8.80. The highest BCUT2D eigenvalue weighted by Crippen LogP contribution is 2.48. The first-order valence-corrected chi connectivity index (χ1v) is 11.4. The van der Waals surface area contributed by atoms with Crippen molar-refractivity contribution in [3.05, 3.63) is 130 Å². The fourth-order valence-corrected chi connectivity index (χ4v) is 5.36. The summed E-state index contributed by atoms with van der Waals surface area (Å²) in [4.78, 5) is 15.6. The van der Waals surface area contributed by atoms with Gasteiger partial charge in [0.2, 0.25) is 0 Å². The minimum Gasteiger partial charge on any atom is -0.453 e. The Kier molecular flexibility index (Phi) is 5.05. The van der Waals surface area contributed by atoms with Gasteiger partial charge >= 0.3 is 6.01 Å². The van der Waals surface area contributed by atoms with Crippen molar-refractivity contribution in [1.82, 2.24) is 9.55 Å². The molecule has 0 radical (unpaired) electrons. The summed E-state index contributed by atoms with van der Waals surface area (Å²) in [5, 5.41) is 11.3. The molecule has 34 heavy (non-hydrogen) atoms. The van der Waals surface area contributed by atoms with Crippen LogP contribution in [-0.4, -0.2) is 33.0 Å². The van der Waals surface area contributed by atoms with E-state index in [4.69, 9.17) is 9.47 Å². The topological polar surface area (TPSA) is 73.6 Å². The molecule has 3 heterocycles. The minimum atomic E-state index is -0.891. The smallest absolute Gasteiger partial charge is 0.302 e. The van der Waals surface area contributed by atoms with Crippen molar-refractivity contribution >= 4 is 0 Å². The summed E-state index contributed by atoms with van der Waals surface area (Å²) in [5.41, 5.74) is 2.41. The zero-order chi connectivity index (χ0) is 23.1. The van der Waals surface area contributed by atoms with Gasteiger partial charge in [0.15, 0.2) is 12.3 Å². The number of nitrogens with zero attached hydrogens (tertiary/aromatic N) is 2. The maximum absolute atomic E-state index is 11.6. The third-order valence-electron chi connectivity index (χ3n) is 6.94. The van der Waals surface area contributed by atoms with Crippen LogP contribution in [0.15, 0.2) is 108 Å². The summed E-state index contributed by atoms with van der Waals surface area (Å²) in [7, 11) is 0. The molecule has 170 valence electrons. The number of aromatic nitrogens is 2. The number of ether oxygens (including phenoxy) is 2. The standard InChI is InChI=1S/C28H24N2O4/c31-23-16-17-30-26-25(34-27(30)29-23)24(32)22(33-26)18-28(19-10-4-1-5-11-19,20-12-6-2-7-13-20)21-14-8-3-9-15-21/h1-17,22,24-26,32H,18H2/t22-,24+,25+,26-/m0/s1. The highest BCUT2D eigenvalue weighted by Gasteiger charge is 2.53. The molecule has 0 bridgehead atoms. The van der Waals surface area contributed by atoms with Crippen molar-refractivity contribution in [3.8, 4) is 6.01 Å². The Labute approximate surface area is 197 Å². The Balaban J connectivity index is 1.46. The van der Waals surface area contributed by atoms with E-state index in [9.17, 15) is 9.90 Å². The van der Waals surface area contributed by atoms with Crippen molar-refractivity contribution in [1.29, 1.82) is 0 Å². The van der Waals surface area contributed by atoms with Gasteiger partial charge in [-0.05, 0) is 23.1 Å². The monoisotopic (exact) mass is 452 g/mol. The summed E-state index contributed by atoms with van der Waals surface area (Å²) in [6, 6.07) is 32.6. The molecule has 0 spiro atoms. The molecular weight excluding hydrogens is 428 g/mol. The molecule has 0 unspecified atom stereocenters. The number of hydrogen-bond donors (Lipinski definition) is 1. The zero-order valence-electron chi connectivity index (χ0n) is 18.4. The van der Waals surface area contributed by atoms with E-state index in [0.717, 1.165) is 16.7 Å². The lowest BCUT2D eigenvalue weighted by molar-refractivity contribution is -0.0271. The van der Waals surface area contributed by atoms with E-state index in [2.05, 4.69) is 41.4 Å². The molecule has 1 fully saturated rings. The molecule has 2 aliphatic heterocycles. The second kappa shape index (κ2) is 8.24. The molecule has 3 aromatic carbocycles. The Morgan fingerprint density at radius 1 is 0.824 bits per heavy atom. The molecule has 6 rings (SSSR count). The van der Waals surface area contributed by atoms with E-state index in [1.807, 2.05) is 54.6 Å². The molecule has 0 amide bonds. The van der Waals surface area contributed by atoms with Crippen molar-refractivity contribution < 1.29 is 14.6 Å². The van der Waals surface area contributed by atoms with Crippen LogP contribution in [0.25, 0.3) is 0 Å². The first-order chi connectivity index (χ1) is 16.7. The van der Waals surface area contributed by atoms with Gasteiger partial charge in [-0.3, -0.25) is 9.36 Å². The van der Waals surface area contributed by atoms with E-state index in [1.54, 1.807) is 10.8 Å². The van der Waals surface area contributed by atoms with Crippen molar-refractivity contribution in [3.63, 3.8) is 0 Å². The Morgan fingerprint density at radius 2 is 1.35 bits per heavy atom. The predicted molar refractivity (Wildman–Crippen MR) is 127 cm³/mol. The number of hydrogen-bond acceptors (Lipinski definition) is 5. The van der Waals surface area contributed by atoms with Crippen molar-refractivity contribution in [2.45, 2.75) is 36.4 Å². The third-order valence-corrected chi connectivity index (χ3v) is 6.94. The number of benzene rings is 3. The number of rotatable bonds is 5. The zero-order valence-corrected chi connectivity index (χ0v) is 18.4. The van der Waals surface area contributed by atoms with Crippen LogP contribution in [0.4, 0.5) is 0 Å². The Morgan fingerprint density at radius 3 is 1.88 bits per heavy atom. The normalized spacial score (nSPS) is 23.2. The largest absolute Gasteiger partial charge is 0.453 e. The van der Waals surface area contributed by atoms with Gasteiger partial charge in [0, 0.05) is 17.7 Å². The average Bonchev–Trinajstić information content (AvgIpc) is 3.39. The molecule has 4 aromatic rings. The highest BCUT2D eigenvalue weighted by atomic mass is 16.6. The van der Waals surface area contributed by atoms with Gasteiger partial charge in [-0.25, -0.2) is 0 Å². The molecule has 0 saturated carbocycles. The Bertz CT molecular complexity index is 1240. The van der Waals surface area contributed by atoms with Gasteiger partial charge in [0.25, 0.3) is 5.56 Å². The molecule has 1 N–H and O–H groups in total. The van der Waals surface area contributed by atoms with Crippen LogP contribution in [-0.2, 0) is 10.2 Å². The van der Waals surface area contributed by atoms with Crippen LogP contribution in [0, 0.1) is 0 Å². The number of aliphatic hydroxyl groups excluding tert-OH is 1. The van der Waals surface area contributed by atoms with Crippen LogP contribution in [0.5, 0.6) is 6.01 Å². The van der Waals surface area contributed by atoms with E-state index < -0.39 is 30.0 Å². The molecule has 2 aliphatic rings. The van der Waals surface area contributed by atoms with Gasteiger partial charge in [-0.1, -0.05) is 91.0 Å². The average molecular weight is 453 g/mol. The SMILES string of the molecule is O=c1ccn2c(n1)O[C@@H]1[C@H](O)[C@H](CC(c3ccccc3)(c3ccccc3)c3ccccc3)O[C@@H]12. The fraction of sp³-hybridized carbons (Fsp3) is 0.214. The molecule has 6 heteroatoms. The van der Waals surface area contributed by atoms with Gasteiger partial charge in [-0.15, -0.1) is 0 Å². The number of fused-ring (bicyclic) bond motifs is 3. The van der Waals surface area contributed by atoms with Crippen molar-refractivity contribution in [2.24, 2.45) is 0 Å². The third kappa shape index (κ3) is 3.26. The fourth-order valence-electron chi connectivity index (χ4n) is 5.36. The van der Waals surface area contributed by atoms with E-state index >= 15 is 0 Å². The van der Waals surface area contributed by atoms with Crippen LogP contribution in [0.1, 0.15) is 29.3 Å². The van der Waals surface area contributed by atoms with Crippen LogP contribution >= 0.6 is 0 Å². The molecule has 4 atom stereocenters. The quantitative estimate of drug-likeness (QED) is 0.468. The van der Waals surface area contributed by atoms with Crippen LogP contribution in [0.3, 0.4) is 0 Å². The van der Waals surface area contributed by atoms with E-state index in [-0.39, 0.29) is 11.6 Å². The maximum Gasteiger partial charge on any atom is 0.302 e. The van der Waals surface area contributed by atoms with Crippen LogP contribution in [0.2, 0.25) is 0 Å². The van der Waals surface area contributed by atoms with Gasteiger partial charge < -0.3 is 14.6 Å². The molecule has 0 aliphatic carbocycles. The summed E-state index contributed by atoms with van der Waals surface area (Å²) < 4.78 is 14.0. The molecular formula is C28H24N2O4. The first kappa shape index (κ1) is 20.8. The summed E-state index contributed by atoms with van der Waals surface area (Å²) in [6.07, 6.45) is -0.447. The highest BCUT2D eigenvalue weighted by molar-refractivity contribution is 5.50. The van der Waals surface area contributed by atoms with Crippen LogP contribution < -0.4 is 10.3 Å². The summed E-state index contributed by atoms with van der Waals surface area (Å²) >= 11 is 0.